The summed E-state index contributed by atoms with van der Waals surface area (Å²) in [6, 6.07) is 8.99. The van der Waals surface area contributed by atoms with Crippen LogP contribution in [0.3, 0.4) is 0 Å². The molecule has 0 fully saturated rings. The van der Waals surface area contributed by atoms with Gasteiger partial charge in [0.05, 0.1) is 4.34 Å². The van der Waals surface area contributed by atoms with Gasteiger partial charge in [-0.2, -0.15) is 0 Å². The lowest BCUT2D eigenvalue weighted by molar-refractivity contribution is 0.601. The fourth-order valence-corrected chi connectivity index (χ4v) is 2.54. The first-order valence-corrected chi connectivity index (χ1v) is 6.09. The van der Waals surface area contributed by atoms with E-state index in [0.717, 1.165) is 14.8 Å². The van der Waals surface area contributed by atoms with Crippen LogP contribution in [-0.2, 0) is 6.54 Å². The SMILES string of the molecule is CNCc1ccc(-c2ccc(Cl)s2)cc1F. The van der Waals surface area contributed by atoms with Crippen molar-refractivity contribution in [2.45, 2.75) is 6.54 Å². The van der Waals surface area contributed by atoms with Gasteiger partial charge in [0.1, 0.15) is 5.82 Å². The largest absolute Gasteiger partial charge is 0.316 e. The third kappa shape index (κ3) is 2.43. The molecule has 0 saturated heterocycles. The van der Waals surface area contributed by atoms with Gasteiger partial charge in [-0.05, 0) is 30.8 Å². The van der Waals surface area contributed by atoms with Crippen LogP contribution in [-0.4, -0.2) is 7.05 Å². The molecule has 1 heterocycles. The van der Waals surface area contributed by atoms with E-state index in [4.69, 9.17) is 11.6 Å². The standard InChI is InChI=1S/C12H11ClFNS/c1-15-7-9-3-2-8(6-10(9)14)11-4-5-12(13)16-11/h2-6,15H,7H2,1H3. The summed E-state index contributed by atoms with van der Waals surface area (Å²) in [5, 5.41) is 2.93. The molecular weight excluding hydrogens is 245 g/mol. The third-order valence-electron chi connectivity index (χ3n) is 2.28. The van der Waals surface area contributed by atoms with Crippen molar-refractivity contribution in [3.05, 3.63) is 46.0 Å². The second kappa shape index (κ2) is 4.95. The molecule has 0 unspecified atom stereocenters. The van der Waals surface area contributed by atoms with Crippen molar-refractivity contribution in [1.29, 1.82) is 0 Å². The molecule has 0 aliphatic carbocycles. The molecule has 1 aromatic heterocycles. The molecule has 0 saturated carbocycles. The summed E-state index contributed by atoms with van der Waals surface area (Å²) in [4.78, 5) is 0.986. The van der Waals surface area contributed by atoms with Gasteiger partial charge < -0.3 is 5.32 Å². The van der Waals surface area contributed by atoms with Crippen LogP contribution in [0.5, 0.6) is 0 Å². The van der Waals surface area contributed by atoms with E-state index in [-0.39, 0.29) is 5.82 Å². The van der Waals surface area contributed by atoms with Crippen LogP contribution in [0, 0.1) is 5.82 Å². The molecule has 1 nitrogen and oxygen atoms in total. The van der Waals surface area contributed by atoms with Gasteiger partial charge in [-0.1, -0.05) is 23.7 Å². The van der Waals surface area contributed by atoms with Crippen LogP contribution in [0.15, 0.2) is 30.3 Å². The molecule has 0 aliphatic heterocycles. The molecule has 0 aliphatic rings. The molecule has 16 heavy (non-hydrogen) atoms. The van der Waals surface area contributed by atoms with Crippen molar-refractivity contribution in [2.75, 3.05) is 7.05 Å². The quantitative estimate of drug-likeness (QED) is 0.876. The highest BCUT2D eigenvalue weighted by Gasteiger charge is 2.06. The molecular formula is C12H11ClFNS. The van der Waals surface area contributed by atoms with E-state index in [1.165, 1.54) is 11.3 Å². The van der Waals surface area contributed by atoms with Crippen molar-refractivity contribution in [3.63, 3.8) is 0 Å². The van der Waals surface area contributed by atoms with E-state index in [1.54, 1.807) is 19.2 Å². The lowest BCUT2D eigenvalue weighted by atomic mass is 10.1. The summed E-state index contributed by atoms with van der Waals surface area (Å²) >= 11 is 7.30. The zero-order valence-corrected chi connectivity index (χ0v) is 10.3. The monoisotopic (exact) mass is 255 g/mol. The van der Waals surface area contributed by atoms with Crippen LogP contribution in [0.25, 0.3) is 10.4 Å². The highest BCUT2D eigenvalue weighted by atomic mass is 35.5. The fraction of sp³-hybridized carbons (Fsp3) is 0.167. The van der Waals surface area contributed by atoms with Gasteiger partial charge in [0.25, 0.3) is 0 Å². The predicted molar refractivity (Wildman–Crippen MR) is 67.5 cm³/mol. The first-order valence-electron chi connectivity index (χ1n) is 4.89. The van der Waals surface area contributed by atoms with Gasteiger partial charge in [0.2, 0.25) is 0 Å². The van der Waals surface area contributed by atoms with E-state index in [1.807, 2.05) is 18.2 Å². The minimum absolute atomic E-state index is 0.184. The Hall–Kier alpha value is -0.900. The van der Waals surface area contributed by atoms with E-state index >= 15 is 0 Å². The van der Waals surface area contributed by atoms with E-state index in [9.17, 15) is 4.39 Å². The summed E-state index contributed by atoms with van der Waals surface area (Å²) < 4.78 is 14.4. The second-order valence-electron chi connectivity index (χ2n) is 3.44. The number of hydrogen-bond acceptors (Lipinski definition) is 2. The molecule has 0 radical (unpaired) electrons. The van der Waals surface area contributed by atoms with Gasteiger partial charge in [0, 0.05) is 17.0 Å². The summed E-state index contributed by atoms with van der Waals surface area (Å²) in [5.41, 5.74) is 1.54. The lowest BCUT2D eigenvalue weighted by Crippen LogP contribution is -2.06. The minimum Gasteiger partial charge on any atom is -0.316 e. The van der Waals surface area contributed by atoms with Crippen LogP contribution in [0.4, 0.5) is 4.39 Å². The third-order valence-corrected chi connectivity index (χ3v) is 3.56. The van der Waals surface area contributed by atoms with E-state index < -0.39 is 0 Å². The Bertz CT molecular complexity index is 496. The molecule has 0 amide bonds. The molecule has 2 rings (SSSR count). The normalized spacial score (nSPS) is 10.7. The zero-order chi connectivity index (χ0) is 11.5. The van der Waals surface area contributed by atoms with Gasteiger partial charge in [-0.3, -0.25) is 0 Å². The van der Waals surface area contributed by atoms with Gasteiger partial charge in [-0.25, -0.2) is 4.39 Å². The Morgan fingerprint density at radius 3 is 2.69 bits per heavy atom. The summed E-state index contributed by atoms with van der Waals surface area (Å²) in [6.45, 7) is 0.539. The topological polar surface area (TPSA) is 12.0 Å². The second-order valence-corrected chi connectivity index (χ2v) is 5.16. The number of rotatable bonds is 3. The Labute approximate surface area is 103 Å². The first kappa shape index (κ1) is 11.6. The molecule has 84 valence electrons. The molecule has 1 aromatic carbocycles. The number of hydrogen-bond donors (Lipinski definition) is 1. The lowest BCUT2D eigenvalue weighted by Gasteiger charge is -2.04. The van der Waals surface area contributed by atoms with Crippen molar-refractivity contribution in [1.82, 2.24) is 5.32 Å². The van der Waals surface area contributed by atoms with Crippen LogP contribution in [0.2, 0.25) is 4.34 Å². The van der Waals surface area contributed by atoms with Crippen molar-refractivity contribution in [3.8, 4) is 10.4 Å². The summed E-state index contributed by atoms with van der Waals surface area (Å²) in [5.74, 6) is -0.184. The highest BCUT2D eigenvalue weighted by molar-refractivity contribution is 7.19. The highest BCUT2D eigenvalue weighted by Crippen LogP contribution is 2.31. The van der Waals surface area contributed by atoms with Gasteiger partial charge in [-0.15, -0.1) is 11.3 Å². The smallest absolute Gasteiger partial charge is 0.128 e. The van der Waals surface area contributed by atoms with Gasteiger partial charge in [0.15, 0.2) is 0 Å². The average molecular weight is 256 g/mol. The molecule has 0 bridgehead atoms. The van der Waals surface area contributed by atoms with Crippen molar-refractivity contribution < 1.29 is 4.39 Å². The minimum atomic E-state index is -0.184. The van der Waals surface area contributed by atoms with Crippen molar-refractivity contribution in [2.24, 2.45) is 0 Å². The Kier molecular flexibility index (Phi) is 3.59. The Morgan fingerprint density at radius 2 is 2.12 bits per heavy atom. The Balaban J connectivity index is 2.34. The summed E-state index contributed by atoms with van der Waals surface area (Å²) in [6.07, 6.45) is 0. The van der Waals surface area contributed by atoms with Crippen LogP contribution < -0.4 is 5.32 Å². The zero-order valence-electron chi connectivity index (χ0n) is 8.76. The summed E-state index contributed by atoms with van der Waals surface area (Å²) in [7, 11) is 1.80. The molecule has 4 heteroatoms. The van der Waals surface area contributed by atoms with E-state index in [0.29, 0.717) is 12.1 Å². The van der Waals surface area contributed by atoms with E-state index in [2.05, 4.69) is 5.32 Å². The number of nitrogens with one attached hydrogen (secondary N) is 1. The van der Waals surface area contributed by atoms with Gasteiger partial charge >= 0.3 is 0 Å². The molecule has 0 spiro atoms. The molecule has 0 atom stereocenters. The van der Waals surface area contributed by atoms with Crippen LogP contribution in [0.1, 0.15) is 5.56 Å². The average Bonchev–Trinajstić information content (AvgIpc) is 2.68. The van der Waals surface area contributed by atoms with Crippen molar-refractivity contribution >= 4 is 22.9 Å². The maximum absolute atomic E-state index is 13.7. The van der Waals surface area contributed by atoms with Crippen LogP contribution >= 0.6 is 22.9 Å². The maximum Gasteiger partial charge on any atom is 0.128 e. The molecule has 2 aromatic rings. The fourth-order valence-electron chi connectivity index (χ4n) is 1.50. The number of benzene rings is 1. The number of halogens is 2. The molecule has 1 N–H and O–H groups in total. The predicted octanol–water partition coefficient (Wildman–Crippen LogP) is 3.93. The maximum atomic E-state index is 13.7. The Morgan fingerprint density at radius 1 is 1.31 bits per heavy atom. The first-order chi connectivity index (χ1) is 7.70. The number of thiophene rings is 1.